The molecule has 222 valence electrons. The highest BCUT2D eigenvalue weighted by Crippen LogP contribution is 2.38. The van der Waals surface area contributed by atoms with Crippen LogP contribution in [-0.2, 0) is 11.2 Å². The maximum absolute atomic E-state index is 13.1. The van der Waals surface area contributed by atoms with Gasteiger partial charge in [-0.15, -0.1) is 0 Å². The Morgan fingerprint density at radius 2 is 2.02 bits per heavy atom. The van der Waals surface area contributed by atoms with Gasteiger partial charge >= 0.3 is 0 Å². The van der Waals surface area contributed by atoms with Crippen LogP contribution in [0.1, 0.15) is 77.4 Å². The zero-order valence-corrected chi connectivity index (χ0v) is 24.2. The minimum absolute atomic E-state index is 0.0131. The number of amides is 1. The van der Waals surface area contributed by atoms with E-state index in [2.05, 4.69) is 36.1 Å². The third-order valence-corrected chi connectivity index (χ3v) is 7.49. The van der Waals surface area contributed by atoms with Gasteiger partial charge in [-0.1, -0.05) is 6.07 Å². The third-order valence-electron chi connectivity index (χ3n) is 7.49. The van der Waals surface area contributed by atoms with Crippen molar-refractivity contribution < 1.29 is 14.0 Å². The van der Waals surface area contributed by atoms with E-state index in [9.17, 15) is 14.0 Å². The molecule has 3 aromatic heterocycles. The lowest BCUT2D eigenvalue weighted by Gasteiger charge is -2.29. The molecule has 6 N–H and O–H groups in total. The van der Waals surface area contributed by atoms with E-state index in [0.29, 0.717) is 42.3 Å². The van der Waals surface area contributed by atoms with Crippen LogP contribution in [0.4, 0.5) is 21.8 Å². The predicted molar refractivity (Wildman–Crippen MR) is 161 cm³/mol. The van der Waals surface area contributed by atoms with Gasteiger partial charge in [0, 0.05) is 41.6 Å². The number of carbonyl (C=O) groups is 2. The molecule has 0 aliphatic heterocycles. The van der Waals surface area contributed by atoms with Crippen LogP contribution < -0.4 is 21.7 Å². The molecule has 4 rings (SSSR count). The number of nitrogens with zero attached hydrogens (tertiary/aromatic N) is 4. The largest absolute Gasteiger partial charge is 0.402 e. The van der Waals surface area contributed by atoms with Gasteiger partial charge in [0.25, 0.3) is 0 Å². The quantitative estimate of drug-likeness (QED) is 0.156. The number of carbonyl (C=O) groups excluding carboxylic acids is 2. The van der Waals surface area contributed by atoms with E-state index >= 15 is 0 Å². The van der Waals surface area contributed by atoms with Gasteiger partial charge in [-0.25, -0.2) is 19.4 Å². The standard InChI is InChI=1S/C30H38FN9O2/c1-18-12-28(40-39-18)37-27-13-22(10-11-33-3)25(17-41)29(38-27)20-4-6-21(7-5-20)30(42)36-19(2)23-8-9-26(34-15-23)35-16-24(31)14-32/h8-9,12-17,19-21,33H,4-7,10-11,32H2,1-3H3,(H,36,42)(H2,37,38,39,40). The molecule has 11 nitrogen and oxygen atoms in total. The molecule has 3 aromatic rings. The molecule has 1 atom stereocenters. The minimum Gasteiger partial charge on any atom is -0.402 e. The Hall–Kier alpha value is -4.45. The number of H-pyrrole nitrogens is 1. The monoisotopic (exact) mass is 575 g/mol. The molecule has 1 amide bonds. The SMILES string of the molecule is CNCCc1cc(Nc2cc(C)[nH]n2)nc(C2CCC(C(=O)NC(C)c3ccc(N=CC(F)=CN)nc3)CC2)c1C=O. The number of anilines is 2. The zero-order chi connectivity index (χ0) is 30.1. The van der Waals surface area contributed by atoms with Crippen molar-refractivity contribution in [2.75, 3.05) is 18.9 Å². The van der Waals surface area contributed by atoms with Crippen molar-refractivity contribution in [3.05, 3.63) is 70.6 Å². The Balaban J connectivity index is 1.41. The number of aromatic nitrogens is 4. The number of aliphatic imine (C=N–C) groups is 1. The summed E-state index contributed by atoms with van der Waals surface area (Å²) in [6.07, 6.45) is 7.91. The van der Waals surface area contributed by atoms with Gasteiger partial charge in [0.05, 0.1) is 18.0 Å². The van der Waals surface area contributed by atoms with Crippen molar-refractivity contribution in [3.8, 4) is 0 Å². The van der Waals surface area contributed by atoms with Crippen molar-refractivity contribution in [1.82, 2.24) is 30.8 Å². The number of aryl methyl sites for hydroxylation is 1. The summed E-state index contributed by atoms with van der Waals surface area (Å²) in [5.41, 5.74) is 9.18. The number of nitrogens with one attached hydrogen (secondary N) is 4. The van der Waals surface area contributed by atoms with Crippen LogP contribution >= 0.6 is 0 Å². The third kappa shape index (κ3) is 7.84. The van der Waals surface area contributed by atoms with E-state index in [1.165, 1.54) is 0 Å². The molecule has 42 heavy (non-hydrogen) atoms. The average Bonchev–Trinajstić information content (AvgIpc) is 3.42. The second-order valence-electron chi connectivity index (χ2n) is 10.5. The van der Waals surface area contributed by atoms with Crippen LogP contribution in [-0.4, -0.2) is 52.2 Å². The number of nitrogens with two attached hydrogens (primary N) is 1. The van der Waals surface area contributed by atoms with Crippen molar-refractivity contribution in [2.24, 2.45) is 16.6 Å². The van der Waals surface area contributed by atoms with E-state index in [4.69, 9.17) is 10.7 Å². The Labute approximate surface area is 244 Å². The molecule has 1 unspecified atom stereocenters. The van der Waals surface area contributed by atoms with Gasteiger partial charge in [-0.05, 0) is 82.8 Å². The summed E-state index contributed by atoms with van der Waals surface area (Å²) in [5, 5.41) is 16.7. The van der Waals surface area contributed by atoms with E-state index in [1.807, 2.05) is 33.0 Å². The summed E-state index contributed by atoms with van der Waals surface area (Å²) < 4.78 is 13.1. The smallest absolute Gasteiger partial charge is 0.223 e. The number of rotatable bonds is 12. The molecule has 1 aliphatic rings. The highest BCUT2D eigenvalue weighted by molar-refractivity contribution is 5.81. The molecular weight excluding hydrogens is 537 g/mol. The number of aldehydes is 1. The Bertz CT molecular complexity index is 1430. The molecule has 1 aliphatic carbocycles. The zero-order valence-electron chi connectivity index (χ0n) is 24.2. The second-order valence-corrected chi connectivity index (χ2v) is 10.5. The van der Waals surface area contributed by atoms with E-state index in [-0.39, 0.29) is 23.8 Å². The van der Waals surface area contributed by atoms with Crippen molar-refractivity contribution in [2.45, 2.75) is 57.9 Å². The van der Waals surface area contributed by atoms with Crippen molar-refractivity contribution >= 4 is 35.9 Å². The lowest BCUT2D eigenvalue weighted by atomic mass is 9.78. The Kier molecular flexibility index (Phi) is 10.5. The fourth-order valence-electron chi connectivity index (χ4n) is 5.17. The van der Waals surface area contributed by atoms with Gasteiger partial charge in [0.1, 0.15) is 5.82 Å². The summed E-state index contributed by atoms with van der Waals surface area (Å²) >= 11 is 0. The predicted octanol–water partition coefficient (Wildman–Crippen LogP) is 4.45. The van der Waals surface area contributed by atoms with E-state index in [0.717, 1.165) is 60.6 Å². The number of aromatic amines is 1. The molecule has 0 aromatic carbocycles. The molecule has 1 saturated carbocycles. The maximum Gasteiger partial charge on any atom is 0.223 e. The van der Waals surface area contributed by atoms with Gasteiger partial charge in [0.2, 0.25) is 5.91 Å². The fourth-order valence-corrected chi connectivity index (χ4v) is 5.17. The second kappa shape index (κ2) is 14.4. The summed E-state index contributed by atoms with van der Waals surface area (Å²) in [7, 11) is 1.88. The first-order valence-corrected chi connectivity index (χ1v) is 14.1. The number of hydrogen-bond donors (Lipinski definition) is 5. The first kappa shape index (κ1) is 30.5. The molecule has 0 bridgehead atoms. The summed E-state index contributed by atoms with van der Waals surface area (Å²) in [5.74, 6) is 0.909. The number of likely N-dealkylation sites (N-methyl/N-ethyl adjacent to an activating group) is 1. The van der Waals surface area contributed by atoms with Gasteiger partial charge < -0.3 is 21.7 Å². The van der Waals surface area contributed by atoms with Crippen molar-refractivity contribution in [3.63, 3.8) is 0 Å². The Morgan fingerprint density at radius 3 is 2.64 bits per heavy atom. The molecule has 12 heteroatoms. The topological polar surface area (TPSA) is 163 Å². The lowest BCUT2D eigenvalue weighted by Crippen LogP contribution is -2.34. The minimum atomic E-state index is -0.655. The number of pyridine rings is 2. The molecule has 0 saturated heterocycles. The summed E-state index contributed by atoms with van der Waals surface area (Å²) in [4.78, 5) is 38.4. The van der Waals surface area contributed by atoms with Crippen LogP contribution in [0.25, 0.3) is 0 Å². The van der Waals surface area contributed by atoms with Crippen LogP contribution in [0, 0.1) is 12.8 Å². The molecule has 1 fully saturated rings. The van der Waals surface area contributed by atoms with Gasteiger partial charge in [-0.3, -0.25) is 14.7 Å². The van der Waals surface area contributed by atoms with Crippen LogP contribution in [0.5, 0.6) is 0 Å². The number of hydrogen-bond acceptors (Lipinski definition) is 9. The van der Waals surface area contributed by atoms with Crippen LogP contribution in [0.15, 0.2) is 47.5 Å². The molecule has 3 heterocycles. The van der Waals surface area contributed by atoms with Crippen LogP contribution in [0.3, 0.4) is 0 Å². The fraction of sp³-hybridized carbons (Fsp3) is 0.400. The number of allylic oxidation sites excluding steroid dienone is 1. The highest BCUT2D eigenvalue weighted by Gasteiger charge is 2.30. The van der Waals surface area contributed by atoms with E-state index in [1.54, 1.807) is 18.3 Å². The highest BCUT2D eigenvalue weighted by atomic mass is 19.1. The van der Waals surface area contributed by atoms with Gasteiger partial charge in [-0.2, -0.15) is 5.10 Å². The van der Waals surface area contributed by atoms with E-state index < -0.39 is 5.83 Å². The average molecular weight is 576 g/mol. The summed E-state index contributed by atoms with van der Waals surface area (Å²) in [6.45, 7) is 4.55. The Morgan fingerprint density at radius 1 is 1.24 bits per heavy atom. The van der Waals surface area contributed by atoms with Crippen molar-refractivity contribution in [1.29, 1.82) is 0 Å². The normalized spacial score (nSPS) is 18.1. The first-order chi connectivity index (χ1) is 20.3. The van der Waals surface area contributed by atoms with Crippen LogP contribution in [0.2, 0.25) is 0 Å². The molecule has 0 spiro atoms. The maximum atomic E-state index is 13.1. The lowest BCUT2D eigenvalue weighted by molar-refractivity contribution is -0.126. The first-order valence-electron chi connectivity index (χ1n) is 14.1. The molecule has 0 radical (unpaired) electrons. The molecular formula is C30H38FN9O2. The van der Waals surface area contributed by atoms with Gasteiger partial charge in [0.15, 0.2) is 23.7 Å². The summed E-state index contributed by atoms with van der Waals surface area (Å²) in [6, 6.07) is 7.01. The number of halogens is 1.